The van der Waals surface area contributed by atoms with Crippen molar-refractivity contribution < 1.29 is 4.79 Å². The summed E-state index contributed by atoms with van der Waals surface area (Å²) in [5, 5.41) is 7.47. The fourth-order valence-electron chi connectivity index (χ4n) is 3.77. The third-order valence-corrected chi connectivity index (χ3v) is 5.47. The summed E-state index contributed by atoms with van der Waals surface area (Å²) in [4.78, 5) is 14.5. The van der Waals surface area contributed by atoms with Crippen LogP contribution in [0.4, 0.5) is 0 Å². The Balaban J connectivity index is 1.61. The number of hydrogen-bond acceptors (Lipinski definition) is 3. The number of amides is 1. The number of carbonyl (C=O) groups is 1. The van der Waals surface area contributed by atoms with Gasteiger partial charge in [-0.3, -0.25) is 9.48 Å². The van der Waals surface area contributed by atoms with Crippen molar-refractivity contribution in [1.82, 2.24) is 20.0 Å². The van der Waals surface area contributed by atoms with Crippen LogP contribution in [0.25, 0.3) is 0 Å². The standard InChI is InChI=1S/C19H34N4O/c1-15-18(16(2)23(4)21-15)11-12-19(24)20-13-8-14-22(3)17-9-6-5-7-10-17/h17H,5-14H2,1-4H3,(H,20,24). The molecule has 0 radical (unpaired) electrons. The fourth-order valence-corrected chi connectivity index (χ4v) is 3.77. The molecule has 1 heterocycles. The molecule has 0 saturated heterocycles. The monoisotopic (exact) mass is 334 g/mol. The van der Waals surface area contributed by atoms with Crippen molar-refractivity contribution >= 4 is 5.91 Å². The van der Waals surface area contributed by atoms with Gasteiger partial charge in [-0.2, -0.15) is 5.10 Å². The second-order valence-corrected chi connectivity index (χ2v) is 7.25. The van der Waals surface area contributed by atoms with E-state index in [2.05, 4.69) is 29.3 Å². The van der Waals surface area contributed by atoms with Crippen LogP contribution in [0.15, 0.2) is 0 Å². The Morgan fingerprint density at radius 3 is 2.62 bits per heavy atom. The first-order valence-electron chi connectivity index (χ1n) is 9.45. The summed E-state index contributed by atoms with van der Waals surface area (Å²) in [5.41, 5.74) is 3.41. The van der Waals surface area contributed by atoms with Crippen molar-refractivity contribution in [2.45, 2.75) is 71.3 Å². The molecule has 24 heavy (non-hydrogen) atoms. The minimum atomic E-state index is 0.151. The van der Waals surface area contributed by atoms with Crippen LogP contribution in [0.2, 0.25) is 0 Å². The van der Waals surface area contributed by atoms with Gasteiger partial charge in [0.1, 0.15) is 0 Å². The number of nitrogens with zero attached hydrogens (tertiary/aromatic N) is 3. The average Bonchev–Trinajstić information content (AvgIpc) is 2.82. The second kappa shape index (κ2) is 9.21. The highest BCUT2D eigenvalue weighted by Gasteiger charge is 2.17. The zero-order valence-electron chi connectivity index (χ0n) is 15.9. The van der Waals surface area contributed by atoms with Crippen molar-refractivity contribution in [3.8, 4) is 0 Å². The molecule has 0 atom stereocenters. The van der Waals surface area contributed by atoms with Gasteiger partial charge in [0.25, 0.3) is 0 Å². The molecule has 1 aliphatic rings. The van der Waals surface area contributed by atoms with E-state index in [0.29, 0.717) is 6.42 Å². The van der Waals surface area contributed by atoms with Crippen LogP contribution in [0.1, 0.15) is 61.9 Å². The maximum atomic E-state index is 12.0. The molecule has 1 aromatic heterocycles. The molecule has 2 rings (SSSR count). The quantitative estimate of drug-likeness (QED) is 0.744. The zero-order valence-corrected chi connectivity index (χ0v) is 15.9. The van der Waals surface area contributed by atoms with Crippen LogP contribution in [-0.2, 0) is 18.3 Å². The van der Waals surface area contributed by atoms with Gasteiger partial charge in [0.15, 0.2) is 0 Å². The van der Waals surface area contributed by atoms with E-state index in [4.69, 9.17) is 0 Å². The molecule has 5 heteroatoms. The predicted octanol–water partition coefficient (Wildman–Crippen LogP) is 2.74. The summed E-state index contributed by atoms with van der Waals surface area (Å²) in [6, 6.07) is 0.756. The molecule has 1 aliphatic carbocycles. The maximum absolute atomic E-state index is 12.0. The van der Waals surface area contributed by atoms with E-state index >= 15 is 0 Å². The van der Waals surface area contributed by atoms with Crippen LogP contribution < -0.4 is 5.32 Å². The highest BCUT2D eigenvalue weighted by atomic mass is 16.1. The van der Waals surface area contributed by atoms with E-state index < -0.39 is 0 Å². The van der Waals surface area contributed by atoms with Gasteiger partial charge in [-0.05, 0) is 58.7 Å². The van der Waals surface area contributed by atoms with Crippen LogP contribution >= 0.6 is 0 Å². The third kappa shape index (κ3) is 5.33. The topological polar surface area (TPSA) is 50.2 Å². The average molecular weight is 335 g/mol. The van der Waals surface area contributed by atoms with E-state index in [9.17, 15) is 4.79 Å². The van der Waals surface area contributed by atoms with E-state index in [1.54, 1.807) is 0 Å². The highest BCUT2D eigenvalue weighted by molar-refractivity contribution is 5.76. The van der Waals surface area contributed by atoms with E-state index in [0.717, 1.165) is 43.4 Å². The van der Waals surface area contributed by atoms with Gasteiger partial charge in [-0.15, -0.1) is 0 Å². The first-order valence-corrected chi connectivity index (χ1v) is 9.45. The lowest BCUT2D eigenvalue weighted by atomic mass is 9.94. The molecule has 1 fully saturated rings. The molecule has 0 aliphatic heterocycles. The van der Waals surface area contributed by atoms with Crippen LogP contribution in [0.3, 0.4) is 0 Å². The first kappa shape index (κ1) is 19.0. The molecule has 1 saturated carbocycles. The fraction of sp³-hybridized carbons (Fsp3) is 0.789. The molecule has 136 valence electrons. The Morgan fingerprint density at radius 1 is 1.29 bits per heavy atom. The summed E-state index contributed by atoms with van der Waals surface area (Å²) in [6.07, 6.45) is 9.18. The molecule has 5 nitrogen and oxygen atoms in total. The van der Waals surface area contributed by atoms with Crippen LogP contribution in [0, 0.1) is 13.8 Å². The van der Waals surface area contributed by atoms with E-state index in [-0.39, 0.29) is 5.91 Å². The van der Waals surface area contributed by atoms with E-state index in [1.807, 2.05) is 18.7 Å². The van der Waals surface area contributed by atoms with Gasteiger partial charge in [-0.25, -0.2) is 0 Å². The number of rotatable bonds is 8. The second-order valence-electron chi connectivity index (χ2n) is 7.25. The summed E-state index contributed by atoms with van der Waals surface area (Å²) < 4.78 is 1.89. The summed E-state index contributed by atoms with van der Waals surface area (Å²) >= 11 is 0. The number of aryl methyl sites for hydroxylation is 2. The van der Waals surface area contributed by atoms with Crippen molar-refractivity contribution in [2.24, 2.45) is 7.05 Å². The molecule has 0 unspecified atom stereocenters. The Bertz CT molecular complexity index is 532. The smallest absolute Gasteiger partial charge is 0.220 e. The Hall–Kier alpha value is -1.36. The Morgan fingerprint density at radius 2 is 2.00 bits per heavy atom. The van der Waals surface area contributed by atoms with Gasteiger partial charge in [-0.1, -0.05) is 19.3 Å². The van der Waals surface area contributed by atoms with Gasteiger partial charge < -0.3 is 10.2 Å². The third-order valence-electron chi connectivity index (χ3n) is 5.47. The largest absolute Gasteiger partial charge is 0.356 e. The van der Waals surface area contributed by atoms with Gasteiger partial charge in [0.2, 0.25) is 5.91 Å². The van der Waals surface area contributed by atoms with Gasteiger partial charge in [0, 0.05) is 31.7 Å². The maximum Gasteiger partial charge on any atom is 0.220 e. The summed E-state index contributed by atoms with van der Waals surface area (Å²) in [7, 11) is 4.18. The SMILES string of the molecule is Cc1nn(C)c(C)c1CCC(=O)NCCCN(C)C1CCCCC1. The molecule has 1 amide bonds. The molecule has 0 spiro atoms. The lowest BCUT2D eigenvalue weighted by Crippen LogP contribution is -2.35. The first-order chi connectivity index (χ1) is 11.5. The predicted molar refractivity (Wildman–Crippen MR) is 98.1 cm³/mol. The van der Waals surface area contributed by atoms with Gasteiger partial charge >= 0.3 is 0 Å². The zero-order chi connectivity index (χ0) is 17.5. The van der Waals surface area contributed by atoms with Crippen LogP contribution in [-0.4, -0.2) is 46.8 Å². The number of aromatic nitrogens is 2. The molecule has 1 aromatic rings. The lowest BCUT2D eigenvalue weighted by Gasteiger charge is -2.31. The molecule has 0 aromatic carbocycles. The Kier molecular flexibility index (Phi) is 7.28. The molecule has 1 N–H and O–H groups in total. The van der Waals surface area contributed by atoms with Gasteiger partial charge in [0.05, 0.1) is 5.69 Å². The van der Waals surface area contributed by atoms with Crippen molar-refractivity contribution in [3.63, 3.8) is 0 Å². The molecular formula is C19H34N4O. The van der Waals surface area contributed by atoms with Crippen LogP contribution in [0.5, 0.6) is 0 Å². The molecular weight excluding hydrogens is 300 g/mol. The minimum absolute atomic E-state index is 0.151. The highest BCUT2D eigenvalue weighted by Crippen LogP contribution is 2.21. The summed E-state index contributed by atoms with van der Waals surface area (Å²) in [5.74, 6) is 0.151. The number of hydrogen-bond donors (Lipinski definition) is 1. The molecule has 0 bridgehead atoms. The van der Waals surface area contributed by atoms with Crippen molar-refractivity contribution in [3.05, 3.63) is 17.0 Å². The lowest BCUT2D eigenvalue weighted by molar-refractivity contribution is -0.121. The van der Waals surface area contributed by atoms with E-state index in [1.165, 1.54) is 37.7 Å². The van der Waals surface area contributed by atoms with Crippen molar-refractivity contribution in [2.75, 3.05) is 20.1 Å². The number of nitrogens with one attached hydrogen (secondary N) is 1. The minimum Gasteiger partial charge on any atom is -0.356 e. The van der Waals surface area contributed by atoms with Crippen molar-refractivity contribution in [1.29, 1.82) is 0 Å². The normalized spacial score (nSPS) is 15.9. The summed E-state index contributed by atoms with van der Waals surface area (Å²) in [6.45, 7) is 5.93. The number of carbonyl (C=O) groups excluding carboxylic acids is 1. The Labute approximate surface area is 146 Å².